The highest BCUT2D eigenvalue weighted by atomic mass is 16.5. The van der Waals surface area contributed by atoms with Crippen LogP contribution in [0.3, 0.4) is 0 Å². The zero-order chi connectivity index (χ0) is 18.2. The second-order valence-electron chi connectivity index (χ2n) is 8.19. The summed E-state index contributed by atoms with van der Waals surface area (Å²) in [6.07, 6.45) is 8.38. The Morgan fingerprint density at radius 2 is 2.00 bits per heavy atom. The third-order valence-electron chi connectivity index (χ3n) is 6.17. The number of hydrogen-bond donors (Lipinski definition) is 0. The van der Waals surface area contributed by atoms with E-state index in [1.165, 1.54) is 24.1 Å². The van der Waals surface area contributed by atoms with Gasteiger partial charge < -0.3 is 4.74 Å². The molecule has 2 aromatic rings. The van der Waals surface area contributed by atoms with Crippen LogP contribution in [-0.4, -0.2) is 43.9 Å². The summed E-state index contributed by atoms with van der Waals surface area (Å²) in [5, 5.41) is 4.49. The van der Waals surface area contributed by atoms with Crippen LogP contribution in [0.1, 0.15) is 48.6 Å². The van der Waals surface area contributed by atoms with Crippen molar-refractivity contribution in [3.63, 3.8) is 0 Å². The first kappa shape index (κ1) is 17.1. The normalized spacial score (nSPS) is 21.3. The fraction of sp³-hybridized carbons (Fsp3) is 0.650. The predicted molar refractivity (Wildman–Crippen MR) is 100 cm³/mol. The molecule has 0 aromatic carbocycles. The Morgan fingerprint density at radius 3 is 2.78 bits per heavy atom. The Morgan fingerprint density at radius 1 is 1.15 bits per heavy atom. The fourth-order valence-electron chi connectivity index (χ4n) is 4.29. The molecule has 0 amide bonds. The summed E-state index contributed by atoms with van der Waals surface area (Å²) in [6.45, 7) is 6.18. The Balaban J connectivity index is 1.16. The first-order valence-corrected chi connectivity index (χ1v) is 10.2. The maximum absolute atomic E-state index is 12.3. The summed E-state index contributed by atoms with van der Waals surface area (Å²) in [7, 11) is 0. The molecule has 1 aliphatic carbocycles. The third kappa shape index (κ3) is 3.71. The van der Waals surface area contributed by atoms with E-state index < -0.39 is 0 Å². The third-order valence-corrected chi connectivity index (χ3v) is 6.17. The molecular formula is C20H27N5O2. The quantitative estimate of drug-likeness (QED) is 0.804. The molecule has 4 heterocycles. The zero-order valence-electron chi connectivity index (χ0n) is 15.7. The maximum Gasteiger partial charge on any atom is 0.253 e. The minimum Gasteiger partial charge on any atom is -0.373 e. The fourth-order valence-corrected chi connectivity index (χ4v) is 4.29. The van der Waals surface area contributed by atoms with Crippen LogP contribution in [-0.2, 0) is 31.0 Å². The SMILES string of the molecule is O=c1cc(C2CC2)ncn1CC1CCN(Cc2cnn3c2COCC3)CC1. The number of hydrogen-bond acceptors (Lipinski definition) is 5. The standard InChI is InChI=1S/C20H27N5O2/c26-20-9-18(16-1-2-16)21-14-24(20)11-15-3-5-23(6-4-15)12-17-10-22-25-7-8-27-13-19(17)25/h9-10,14-16H,1-8,11-13H2. The molecule has 2 aromatic heterocycles. The van der Waals surface area contributed by atoms with E-state index >= 15 is 0 Å². The average molecular weight is 369 g/mol. The molecule has 3 aliphatic rings. The molecule has 0 atom stereocenters. The molecule has 144 valence electrons. The highest BCUT2D eigenvalue weighted by Gasteiger charge is 2.26. The van der Waals surface area contributed by atoms with Crippen molar-refractivity contribution in [1.82, 2.24) is 24.2 Å². The van der Waals surface area contributed by atoms with E-state index in [1.54, 1.807) is 17.0 Å². The van der Waals surface area contributed by atoms with Gasteiger partial charge in [-0.25, -0.2) is 4.98 Å². The molecule has 5 rings (SSSR count). The van der Waals surface area contributed by atoms with Gasteiger partial charge >= 0.3 is 0 Å². The first-order valence-electron chi connectivity index (χ1n) is 10.2. The second kappa shape index (κ2) is 7.20. The van der Waals surface area contributed by atoms with E-state index in [2.05, 4.69) is 19.7 Å². The maximum atomic E-state index is 12.3. The first-order chi connectivity index (χ1) is 13.3. The topological polar surface area (TPSA) is 65.2 Å². The lowest BCUT2D eigenvalue weighted by molar-refractivity contribution is 0.0782. The van der Waals surface area contributed by atoms with Crippen molar-refractivity contribution in [3.8, 4) is 0 Å². The Labute approximate surface area is 159 Å². The van der Waals surface area contributed by atoms with Crippen molar-refractivity contribution in [2.45, 2.75) is 57.8 Å². The van der Waals surface area contributed by atoms with Crippen LogP contribution >= 0.6 is 0 Å². The predicted octanol–water partition coefficient (Wildman–Crippen LogP) is 1.76. The number of fused-ring (bicyclic) bond motifs is 1. The summed E-state index contributed by atoms with van der Waals surface area (Å²) in [4.78, 5) is 19.4. The molecule has 2 fully saturated rings. The molecule has 0 unspecified atom stereocenters. The monoisotopic (exact) mass is 369 g/mol. The number of ether oxygens (including phenoxy) is 1. The highest BCUT2D eigenvalue weighted by Crippen LogP contribution is 2.38. The minimum absolute atomic E-state index is 0.112. The smallest absolute Gasteiger partial charge is 0.253 e. The van der Waals surface area contributed by atoms with Crippen LogP contribution < -0.4 is 5.56 Å². The van der Waals surface area contributed by atoms with Crippen molar-refractivity contribution in [3.05, 3.63) is 45.9 Å². The van der Waals surface area contributed by atoms with E-state index in [0.717, 1.165) is 57.9 Å². The molecule has 0 radical (unpaired) electrons. The molecule has 27 heavy (non-hydrogen) atoms. The molecule has 7 heteroatoms. The lowest BCUT2D eigenvalue weighted by Crippen LogP contribution is -2.36. The Bertz CT molecular complexity index is 861. The van der Waals surface area contributed by atoms with Crippen LogP contribution in [0.15, 0.2) is 23.4 Å². The molecule has 0 spiro atoms. The Kier molecular flexibility index (Phi) is 4.57. The average Bonchev–Trinajstić information content (AvgIpc) is 3.47. The van der Waals surface area contributed by atoms with Gasteiger partial charge in [-0.15, -0.1) is 0 Å². The van der Waals surface area contributed by atoms with Gasteiger partial charge in [0.1, 0.15) is 0 Å². The van der Waals surface area contributed by atoms with Crippen molar-refractivity contribution in [2.75, 3.05) is 19.7 Å². The van der Waals surface area contributed by atoms with Gasteiger partial charge in [-0.1, -0.05) is 0 Å². The second-order valence-corrected chi connectivity index (χ2v) is 8.19. The van der Waals surface area contributed by atoms with E-state index in [0.29, 0.717) is 18.4 Å². The van der Waals surface area contributed by atoms with Gasteiger partial charge in [-0.3, -0.25) is 18.9 Å². The zero-order valence-corrected chi connectivity index (χ0v) is 15.7. The van der Waals surface area contributed by atoms with Crippen molar-refractivity contribution >= 4 is 0 Å². The Hall–Kier alpha value is -1.99. The summed E-state index contributed by atoms with van der Waals surface area (Å²) >= 11 is 0. The van der Waals surface area contributed by atoms with Crippen LogP contribution in [0.25, 0.3) is 0 Å². The lowest BCUT2D eigenvalue weighted by atomic mass is 9.96. The highest BCUT2D eigenvalue weighted by molar-refractivity contribution is 5.18. The largest absolute Gasteiger partial charge is 0.373 e. The van der Waals surface area contributed by atoms with E-state index in [-0.39, 0.29) is 5.56 Å². The van der Waals surface area contributed by atoms with Gasteiger partial charge in [0, 0.05) is 30.6 Å². The number of aromatic nitrogens is 4. The van der Waals surface area contributed by atoms with E-state index in [9.17, 15) is 4.79 Å². The van der Waals surface area contributed by atoms with Crippen molar-refractivity contribution < 1.29 is 4.74 Å². The number of rotatable bonds is 5. The van der Waals surface area contributed by atoms with Crippen molar-refractivity contribution in [1.29, 1.82) is 0 Å². The lowest BCUT2D eigenvalue weighted by Gasteiger charge is -2.32. The summed E-state index contributed by atoms with van der Waals surface area (Å²) in [5.74, 6) is 1.09. The summed E-state index contributed by atoms with van der Waals surface area (Å²) in [5.41, 5.74) is 3.63. The van der Waals surface area contributed by atoms with Gasteiger partial charge in [0.25, 0.3) is 5.56 Å². The van der Waals surface area contributed by atoms with Gasteiger partial charge in [0.05, 0.1) is 43.7 Å². The van der Waals surface area contributed by atoms with Gasteiger partial charge in [0.15, 0.2) is 0 Å². The van der Waals surface area contributed by atoms with E-state index in [4.69, 9.17) is 4.74 Å². The van der Waals surface area contributed by atoms with Crippen LogP contribution in [0.2, 0.25) is 0 Å². The number of piperidine rings is 1. The minimum atomic E-state index is 0.112. The van der Waals surface area contributed by atoms with Crippen molar-refractivity contribution in [2.24, 2.45) is 5.92 Å². The van der Waals surface area contributed by atoms with Gasteiger partial charge in [0.2, 0.25) is 0 Å². The summed E-state index contributed by atoms with van der Waals surface area (Å²) in [6, 6.07) is 1.75. The molecule has 2 aliphatic heterocycles. The molecule has 0 N–H and O–H groups in total. The van der Waals surface area contributed by atoms with Crippen LogP contribution in [0, 0.1) is 5.92 Å². The molecule has 0 bridgehead atoms. The van der Waals surface area contributed by atoms with Crippen LogP contribution in [0.5, 0.6) is 0 Å². The molecule has 1 saturated heterocycles. The number of nitrogens with zero attached hydrogens (tertiary/aromatic N) is 5. The van der Waals surface area contributed by atoms with Crippen LogP contribution in [0.4, 0.5) is 0 Å². The van der Waals surface area contributed by atoms with E-state index in [1.807, 2.05) is 6.20 Å². The van der Waals surface area contributed by atoms with Gasteiger partial charge in [-0.2, -0.15) is 5.10 Å². The van der Waals surface area contributed by atoms with Gasteiger partial charge in [-0.05, 0) is 44.7 Å². The molecular weight excluding hydrogens is 342 g/mol. The molecule has 7 nitrogen and oxygen atoms in total. The summed E-state index contributed by atoms with van der Waals surface area (Å²) < 4.78 is 9.47. The number of likely N-dealkylation sites (tertiary alicyclic amines) is 1. The molecule has 1 saturated carbocycles.